The van der Waals surface area contributed by atoms with Crippen LogP contribution >= 0.6 is 0 Å². The second-order valence-corrected chi connectivity index (χ2v) is 5.78. The molecule has 108 valence electrons. The highest BCUT2D eigenvalue weighted by Crippen LogP contribution is 2.28. The summed E-state index contributed by atoms with van der Waals surface area (Å²) in [4.78, 5) is 0. The van der Waals surface area contributed by atoms with E-state index in [0.717, 1.165) is 12.3 Å². The lowest BCUT2D eigenvalue weighted by atomic mass is 10.1. The minimum atomic E-state index is 0.191. The van der Waals surface area contributed by atoms with Gasteiger partial charge in [0.05, 0.1) is 11.6 Å². The summed E-state index contributed by atoms with van der Waals surface area (Å²) >= 11 is 0. The second kappa shape index (κ2) is 5.65. The highest BCUT2D eigenvalue weighted by Gasteiger charge is 2.08. The Balaban J connectivity index is 1.95. The van der Waals surface area contributed by atoms with Gasteiger partial charge in [-0.25, -0.2) is 0 Å². The molecule has 0 spiro atoms. The first-order valence-electron chi connectivity index (χ1n) is 7.43. The normalized spacial score (nSPS) is 11.2. The van der Waals surface area contributed by atoms with E-state index < -0.39 is 0 Å². The third-order valence-corrected chi connectivity index (χ3v) is 3.61. The number of nitrogens with zero attached hydrogens (tertiary/aromatic N) is 1. The number of fused-ring (bicyclic) bond motifs is 1. The monoisotopic (exact) mass is 279 g/mol. The molecule has 1 heterocycles. The Kier molecular flexibility index (Phi) is 3.70. The van der Waals surface area contributed by atoms with E-state index in [1.165, 1.54) is 22.0 Å². The van der Waals surface area contributed by atoms with Crippen molar-refractivity contribution >= 4 is 10.9 Å². The zero-order valence-corrected chi connectivity index (χ0v) is 12.8. The first-order valence-corrected chi connectivity index (χ1v) is 7.43. The fourth-order valence-electron chi connectivity index (χ4n) is 2.58. The Morgan fingerprint density at radius 2 is 1.76 bits per heavy atom. The van der Waals surface area contributed by atoms with Crippen molar-refractivity contribution in [1.29, 1.82) is 0 Å². The lowest BCUT2D eigenvalue weighted by Crippen LogP contribution is -2.05. The van der Waals surface area contributed by atoms with Gasteiger partial charge in [-0.15, -0.1) is 0 Å². The van der Waals surface area contributed by atoms with Crippen LogP contribution in [0.25, 0.3) is 10.9 Å². The molecule has 0 unspecified atom stereocenters. The van der Waals surface area contributed by atoms with E-state index in [9.17, 15) is 0 Å². The molecular formula is C19H21NO. The lowest BCUT2D eigenvalue weighted by Gasteiger charge is -2.11. The van der Waals surface area contributed by atoms with Crippen molar-refractivity contribution in [1.82, 2.24) is 4.57 Å². The molecule has 0 aliphatic rings. The van der Waals surface area contributed by atoms with Gasteiger partial charge in [0.25, 0.3) is 0 Å². The van der Waals surface area contributed by atoms with Crippen LogP contribution < -0.4 is 4.74 Å². The molecule has 0 radical (unpaired) electrons. The van der Waals surface area contributed by atoms with Crippen molar-refractivity contribution in [3.63, 3.8) is 0 Å². The lowest BCUT2D eigenvalue weighted by molar-refractivity contribution is 0.245. The minimum Gasteiger partial charge on any atom is -0.490 e. The number of ether oxygens (including phenoxy) is 1. The van der Waals surface area contributed by atoms with Crippen molar-refractivity contribution in [3.8, 4) is 5.75 Å². The standard InChI is InChI=1S/C19H21NO/c1-14(2)21-19-6-4-5-18-17(19)11-12-20(18)13-16-9-7-15(3)8-10-16/h4-12,14H,13H2,1-3H3. The van der Waals surface area contributed by atoms with Gasteiger partial charge in [0.15, 0.2) is 0 Å². The van der Waals surface area contributed by atoms with Crippen molar-refractivity contribution in [2.75, 3.05) is 0 Å². The van der Waals surface area contributed by atoms with Crippen LogP contribution in [-0.4, -0.2) is 10.7 Å². The third-order valence-electron chi connectivity index (χ3n) is 3.61. The zero-order chi connectivity index (χ0) is 14.8. The summed E-state index contributed by atoms with van der Waals surface area (Å²) in [5.41, 5.74) is 3.82. The molecule has 3 aromatic rings. The SMILES string of the molecule is Cc1ccc(Cn2ccc3c(OC(C)C)cccc32)cc1. The molecule has 21 heavy (non-hydrogen) atoms. The molecule has 2 nitrogen and oxygen atoms in total. The summed E-state index contributed by atoms with van der Waals surface area (Å²) < 4.78 is 8.16. The largest absolute Gasteiger partial charge is 0.490 e. The molecule has 0 aliphatic carbocycles. The average molecular weight is 279 g/mol. The van der Waals surface area contributed by atoms with E-state index in [4.69, 9.17) is 4.74 Å². The van der Waals surface area contributed by atoms with E-state index >= 15 is 0 Å². The second-order valence-electron chi connectivity index (χ2n) is 5.78. The number of rotatable bonds is 4. The number of aromatic nitrogens is 1. The molecule has 0 saturated carbocycles. The topological polar surface area (TPSA) is 14.2 Å². The number of aryl methyl sites for hydroxylation is 1. The zero-order valence-electron chi connectivity index (χ0n) is 12.8. The number of hydrogen-bond acceptors (Lipinski definition) is 1. The summed E-state index contributed by atoms with van der Waals surface area (Å²) in [6, 6.07) is 17.1. The van der Waals surface area contributed by atoms with Crippen molar-refractivity contribution in [2.45, 2.75) is 33.4 Å². The van der Waals surface area contributed by atoms with Crippen molar-refractivity contribution < 1.29 is 4.74 Å². The van der Waals surface area contributed by atoms with Gasteiger partial charge < -0.3 is 9.30 Å². The number of hydrogen-bond donors (Lipinski definition) is 0. The summed E-state index contributed by atoms with van der Waals surface area (Å²) in [7, 11) is 0. The maximum Gasteiger partial charge on any atom is 0.129 e. The predicted molar refractivity (Wildman–Crippen MR) is 88.0 cm³/mol. The molecule has 0 atom stereocenters. The maximum absolute atomic E-state index is 5.89. The van der Waals surface area contributed by atoms with Crippen LogP contribution in [0.2, 0.25) is 0 Å². The minimum absolute atomic E-state index is 0.191. The fraction of sp³-hybridized carbons (Fsp3) is 0.263. The molecule has 0 bridgehead atoms. The smallest absolute Gasteiger partial charge is 0.129 e. The molecule has 2 aromatic carbocycles. The Bertz CT molecular complexity index is 738. The van der Waals surface area contributed by atoms with Gasteiger partial charge in [-0.2, -0.15) is 0 Å². The molecule has 0 N–H and O–H groups in total. The highest BCUT2D eigenvalue weighted by atomic mass is 16.5. The maximum atomic E-state index is 5.89. The van der Waals surface area contributed by atoms with E-state index in [1.807, 2.05) is 6.07 Å². The van der Waals surface area contributed by atoms with Gasteiger partial charge in [-0.3, -0.25) is 0 Å². The third kappa shape index (κ3) is 2.94. The molecule has 2 heteroatoms. The summed E-state index contributed by atoms with van der Waals surface area (Å²) in [6.45, 7) is 7.11. The molecular weight excluding hydrogens is 258 g/mol. The Morgan fingerprint density at radius 1 is 1.00 bits per heavy atom. The van der Waals surface area contributed by atoms with Crippen LogP contribution in [0.5, 0.6) is 5.75 Å². The van der Waals surface area contributed by atoms with Crippen molar-refractivity contribution in [2.24, 2.45) is 0 Å². The quantitative estimate of drug-likeness (QED) is 0.670. The van der Waals surface area contributed by atoms with Gasteiger partial charge in [0.2, 0.25) is 0 Å². The molecule has 1 aromatic heterocycles. The van der Waals surface area contributed by atoms with Gasteiger partial charge in [0.1, 0.15) is 5.75 Å². The fourth-order valence-corrected chi connectivity index (χ4v) is 2.58. The van der Waals surface area contributed by atoms with Gasteiger partial charge >= 0.3 is 0 Å². The highest BCUT2D eigenvalue weighted by molar-refractivity contribution is 5.86. The number of benzene rings is 2. The summed E-state index contributed by atoms with van der Waals surface area (Å²) in [6.07, 6.45) is 2.33. The van der Waals surface area contributed by atoms with E-state index in [1.54, 1.807) is 0 Å². The van der Waals surface area contributed by atoms with E-state index in [0.29, 0.717) is 0 Å². The van der Waals surface area contributed by atoms with Crippen LogP contribution in [-0.2, 0) is 6.54 Å². The van der Waals surface area contributed by atoms with Gasteiger partial charge in [-0.1, -0.05) is 35.9 Å². The summed E-state index contributed by atoms with van der Waals surface area (Å²) in [5.74, 6) is 0.963. The van der Waals surface area contributed by atoms with E-state index in [2.05, 4.69) is 74.0 Å². The van der Waals surface area contributed by atoms with Crippen LogP contribution in [0.4, 0.5) is 0 Å². The van der Waals surface area contributed by atoms with Crippen LogP contribution in [0.1, 0.15) is 25.0 Å². The van der Waals surface area contributed by atoms with Crippen molar-refractivity contribution in [3.05, 3.63) is 65.9 Å². The summed E-state index contributed by atoms with van der Waals surface area (Å²) in [5, 5.41) is 1.18. The van der Waals surface area contributed by atoms with Crippen LogP contribution in [0.15, 0.2) is 54.7 Å². The Morgan fingerprint density at radius 3 is 2.48 bits per heavy atom. The van der Waals surface area contributed by atoms with Gasteiger partial charge in [0, 0.05) is 18.1 Å². The van der Waals surface area contributed by atoms with E-state index in [-0.39, 0.29) is 6.10 Å². The predicted octanol–water partition coefficient (Wildman–Crippen LogP) is 4.79. The average Bonchev–Trinajstić information content (AvgIpc) is 2.85. The van der Waals surface area contributed by atoms with Crippen LogP contribution in [0, 0.1) is 6.92 Å². The first-order chi connectivity index (χ1) is 10.1. The van der Waals surface area contributed by atoms with Gasteiger partial charge in [-0.05, 0) is 44.5 Å². The molecule has 3 rings (SSSR count). The van der Waals surface area contributed by atoms with Crippen LogP contribution in [0.3, 0.4) is 0 Å². The first kappa shape index (κ1) is 13.7. The molecule has 0 saturated heterocycles. The Hall–Kier alpha value is -2.22. The Labute approximate surface area is 126 Å². The molecule has 0 aliphatic heterocycles. The molecule has 0 amide bonds. The molecule has 0 fully saturated rings.